The van der Waals surface area contributed by atoms with Gasteiger partial charge in [0.2, 0.25) is 5.91 Å². The number of likely N-dealkylation sites (tertiary alicyclic amines) is 1. The fourth-order valence-corrected chi connectivity index (χ4v) is 4.21. The number of nitro groups is 1. The highest BCUT2D eigenvalue weighted by Gasteiger charge is 2.25. The minimum absolute atomic E-state index is 0.0730. The largest absolute Gasteiger partial charge is 0.497 e. The molecule has 0 saturated carbocycles. The van der Waals surface area contributed by atoms with Crippen LogP contribution in [0.5, 0.6) is 5.75 Å². The van der Waals surface area contributed by atoms with Crippen molar-refractivity contribution in [2.45, 2.75) is 19.4 Å². The van der Waals surface area contributed by atoms with E-state index in [9.17, 15) is 19.7 Å². The topological polar surface area (TPSA) is 114 Å². The Bertz CT molecular complexity index is 1220. The standard InChI is InChI=1S/C27H28N4O5/c1-36-23-12-8-20(9-13-23)26(32)28-24-4-2-3-5-25(24)29-27(33)21-14-16-30(17-15-21)18-19-6-10-22(11-7-19)31(34)35/h2-13,21H,14-18H2,1H3,(H,28,32)(H,29,33). The van der Waals surface area contributed by atoms with E-state index in [-0.39, 0.29) is 23.4 Å². The van der Waals surface area contributed by atoms with E-state index in [1.165, 1.54) is 12.1 Å². The summed E-state index contributed by atoms with van der Waals surface area (Å²) in [5.41, 5.74) is 2.65. The molecule has 186 valence electrons. The van der Waals surface area contributed by atoms with Crippen molar-refractivity contribution in [2.24, 2.45) is 5.92 Å². The van der Waals surface area contributed by atoms with E-state index < -0.39 is 4.92 Å². The van der Waals surface area contributed by atoms with E-state index in [4.69, 9.17) is 4.74 Å². The molecule has 1 fully saturated rings. The van der Waals surface area contributed by atoms with E-state index >= 15 is 0 Å². The first kappa shape index (κ1) is 24.9. The van der Waals surface area contributed by atoms with Crippen LogP contribution in [0.25, 0.3) is 0 Å². The van der Waals surface area contributed by atoms with Gasteiger partial charge in [-0.2, -0.15) is 0 Å². The molecule has 1 aliphatic heterocycles. The Morgan fingerprint density at radius 2 is 1.56 bits per heavy atom. The van der Waals surface area contributed by atoms with Gasteiger partial charge in [0, 0.05) is 30.2 Å². The number of hydrogen-bond donors (Lipinski definition) is 2. The first-order valence-electron chi connectivity index (χ1n) is 11.7. The molecule has 1 heterocycles. The number of non-ortho nitro benzene ring substituents is 1. The molecule has 1 aliphatic rings. The molecule has 2 amide bonds. The van der Waals surface area contributed by atoms with Crippen LogP contribution < -0.4 is 15.4 Å². The number of para-hydroxylation sites is 2. The Morgan fingerprint density at radius 3 is 2.14 bits per heavy atom. The van der Waals surface area contributed by atoms with Crippen molar-refractivity contribution in [1.82, 2.24) is 4.90 Å². The van der Waals surface area contributed by atoms with Gasteiger partial charge in [-0.3, -0.25) is 24.6 Å². The summed E-state index contributed by atoms with van der Waals surface area (Å²) in [5, 5.41) is 16.7. The summed E-state index contributed by atoms with van der Waals surface area (Å²) < 4.78 is 5.13. The highest BCUT2D eigenvalue weighted by atomic mass is 16.6. The normalized spacial score (nSPS) is 14.1. The SMILES string of the molecule is COc1ccc(C(=O)Nc2ccccc2NC(=O)C2CCN(Cc3ccc([N+](=O)[O-])cc3)CC2)cc1. The van der Waals surface area contributed by atoms with E-state index in [0.717, 1.165) is 18.7 Å². The number of nitro benzene ring substituents is 1. The van der Waals surface area contributed by atoms with Gasteiger partial charge in [0.05, 0.1) is 23.4 Å². The van der Waals surface area contributed by atoms with Crippen molar-refractivity contribution >= 4 is 28.9 Å². The summed E-state index contributed by atoms with van der Waals surface area (Å²) in [4.78, 5) is 38.3. The lowest BCUT2D eigenvalue weighted by atomic mass is 9.95. The van der Waals surface area contributed by atoms with Gasteiger partial charge >= 0.3 is 0 Å². The highest BCUT2D eigenvalue weighted by Crippen LogP contribution is 2.26. The van der Waals surface area contributed by atoms with Crippen LogP contribution in [0.15, 0.2) is 72.8 Å². The Balaban J connectivity index is 1.31. The van der Waals surface area contributed by atoms with Crippen LogP contribution in [0.2, 0.25) is 0 Å². The molecule has 0 bridgehead atoms. The Morgan fingerprint density at radius 1 is 0.944 bits per heavy atom. The zero-order valence-corrected chi connectivity index (χ0v) is 20.0. The van der Waals surface area contributed by atoms with Crippen molar-refractivity contribution in [1.29, 1.82) is 0 Å². The van der Waals surface area contributed by atoms with Crippen LogP contribution in [0.1, 0.15) is 28.8 Å². The second kappa shape index (κ2) is 11.5. The number of ether oxygens (including phenoxy) is 1. The quantitative estimate of drug-likeness (QED) is 0.351. The molecule has 2 N–H and O–H groups in total. The van der Waals surface area contributed by atoms with Crippen LogP contribution in [-0.4, -0.2) is 41.8 Å². The van der Waals surface area contributed by atoms with Gasteiger partial charge in [0.15, 0.2) is 0 Å². The Kier molecular flexibility index (Phi) is 7.92. The maximum absolute atomic E-state index is 13.0. The second-order valence-electron chi connectivity index (χ2n) is 8.69. The Hall–Kier alpha value is -4.24. The van der Waals surface area contributed by atoms with E-state index in [1.54, 1.807) is 61.7 Å². The van der Waals surface area contributed by atoms with Gasteiger partial charge in [-0.05, 0) is 67.9 Å². The molecule has 36 heavy (non-hydrogen) atoms. The molecule has 0 unspecified atom stereocenters. The van der Waals surface area contributed by atoms with Crippen LogP contribution in [0.4, 0.5) is 17.1 Å². The molecular formula is C27H28N4O5. The zero-order chi connectivity index (χ0) is 25.5. The number of carbonyl (C=O) groups excluding carboxylic acids is 2. The van der Waals surface area contributed by atoms with E-state index in [0.29, 0.717) is 42.1 Å². The number of rotatable bonds is 8. The Labute approximate surface area is 209 Å². The van der Waals surface area contributed by atoms with Gasteiger partial charge in [-0.25, -0.2) is 0 Å². The molecule has 1 saturated heterocycles. The third kappa shape index (κ3) is 6.25. The van der Waals surface area contributed by atoms with Gasteiger partial charge in [0.25, 0.3) is 11.6 Å². The monoisotopic (exact) mass is 488 g/mol. The van der Waals surface area contributed by atoms with Crippen LogP contribution in [0.3, 0.4) is 0 Å². The van der Waals surface area contributed by atoms with Gasteiger partial charge in [0.1, 0.15) is 5.75 Å². The molecule has 0 aromatic heterocycles. The van der Waals surface area contributed by atoms with Crippen molar-refractivity contribution < 1.29 is 19.2 Å². The maximum Gasteiger partial charge on any atom is 0.269 e. The van der Waals surface area contributed by atoms with E-state index in [1.807, 2.05) is 6.07 Å². The lowest BCUT2D eigenvalue weighted by molar-refractivity contribution is -0.384. The molecule has 9 nitrogen and oxygen atoms in total. The molecular weight excluding hydrogens is 460 g/mol. The average molecular weight is 489 g/mol. The first-order valence-corrected chi connectivity index (χ1v) is 11.7. The minimum Gasteiger partial charge on any atom is -0.497 e. The van der Waals surface area contributed by atoms with Gasteiger partial charge < -0.3 is 15.4 Å². The average Bonchev–Trinajstić information content (AvgIpc) is 2.90. The number of piperidine rings is 1. The molecule has 0 aliphatic carbocycles. The third-order valence-electron chi connectivity index (χ3n) is 6.30. The van der Waals surface area contributed by atoms with Crippen molar-refractivity contribution in [3.05, 3.63) is 94.0 Å². The zero-order valence-electron chi connectivity index (χ0n) is 20.0. The number of amides is 2. The summed E-state index contributed by atoms with van der Waals surface area (Å²) in [7, 11) is 1.57. The van der Waals surface area contributed by atoms with Crippen LogP contribution >= 0.6 is 0 Å². The fourth-order valence-electron chi connectivity index (χ4n) is 4.21. The number of nitrogens with zero attached hydrogens (tertiary/aromatic N) is 2. The molecule has 4 rings (SSSR count). The number of anilines is 2. The molecule has 0 radical (unpaired) electrons. The third-order valence-corrected chi connectivity index (χ3v) is 6.30. The van der Waals surface area contributed by atoms with Gasteiger partial charge in [-0.15, -0.1) is 0 Å². The van der Waals surface area contributed by atoms with Crippen molar-refractivity contribution in [3.63, 3.8) is 0 Å². The number of methoxy groups -OCH3 is 1. The first-order chi connectivity index (χ1) is 17.4. The number of benzene rings is 3. The molecule has 3 aromatic carbocycles. The molecule has 3 aromatic rings. The van der Waals surface area contributed by atoms with Crippen LogP contribution in [0, 0.1) is 16.0 Å². The minimum atomic E-state index is -0.406. The van der Waals surface area contributed by atoms with Crippen molar-refractivity contribution in [3.8, 4) is 5.75 Å². The number of hydrogen-bond acceptors (Lipinski definition) is 6. The van der Waals surface area contributed by atoms with Crippen LogP contribution in [-0.2, 0) is 11.3 Å². The highest BCUT2D eigenvalue weighted by molar-refractivity contribution is 6.07. The smallest absolute Gasteiger partial charge is 0.269 e. The predicted molar refractivity (Wildman–Crippen MR) is 137 cm³/mol. The maximum atomic E-state index is 13.0. The fraction of sp³-hybridized carbons (Fsp3) is 0.259. The lowest BCUT2D eigenvalue weighted by Gasteiger charge is -2.31. The predicted octanol–water partition coefficient (Wildman–Crippen LogP) is 4.71. The summed E-state index contributed by atoms with van der Waals surface area (Å²) in [6.45, 7) is 2.20. The second-order valence-corrected chi connectivity index (χ2v) is 8.69. The number of carbonyl (C=O) groups is 2. The van der Waals surface area contributed by atoms with E-state index in [2.05, 4.69) is 15.5 Å². The summed E-state index contributed by atoms with van der Waals surface area (Å²) in [5.74, 6) is 0.177. The summed E-state index contributed by atoms with van der Waals surface area (Å²) >= 11 is 0. The molecule has 0 spiro atoms. The lowest BCUT2D eigenvalue weighted by Crippen LogP contribution is -2.37. The van der Waals surface area contributed by atoms with Crippen molar-refractivity contribution in [2.75, 3.05) is 30.8 Å². The number of nitrogens with one attached hydrogen (secondary N) is 2. The van der Waals surface area contributed by atoms with Gasteiger partial charge in [-0.1, -0.05) is 24.3 Å². The summed E-state index contributed by atoms with van der Waals surface area (Å²) in [6.07, 6.45) is 1.42. The summed E-state index contributed by atoms with van der Waals surface area (Å²) in [6, 6.07) is 20.5. The molecule has 0 atom stereocenters. The molecule has 9 heteroatoms.